The van der Waals surface area contributed by atoms with Crippen LogP contribution in [0.3, 0.4) is 0 Å². The van der Waals surface area contributed by atoms with Gasteiger partial charge < -0.3 is 0 Å². The van der Waals surface area contributed by atoms with Crippen LogP contribution < -0.4 is 0 Å². The van der Waals surface area contributed by atoms with Crippen molar-refractivity contribution >= 4 is 11.3 Å². The molecule has 1 fully saturated rings. The summed E-state index contributed by atoms with van der Waals surface area (Å²) in [6, 6.07) is 0. The van der Waals surface area contributed by atoms with Gasteiger partial charge in [0.05, 0.1) is 0 Å². The molecule has 0 N–H and O–H groups in total. The van der Waals surface area contributed by atoms with Crippen LogP contribution in [0.2, 0.25) is 0 Å². The molecule has 0 aromatic carbocycles. The summed E-state index contributed by atoms with van der Waals surface area (Å²) in [5.74, 6) is 1.64. The van der Waals surface area contributed by atoms with Gasteiger partial charge in [-0.3, -0.25) is 0 Å². The summed E-state index contributed by atoms with van der Waals surface area (Å²) < 4.78 is 0. The smallest absolute Gasteiger partial charge is 0.120 e. The van der Waals surface area contributed by atoms with E-state index < -0.39 is 0 Å². The SMILES string of the molecule is C[C@H]1CC[C@H](c2nncs2)CC1. The van der Waals surface area contributed by atoms with E-state index in [9.17, 15) is 0 Å². The van der Waals surface area contributed by atoms with E-state index in [0.29, 0.717) is 5.92 Å². The van der Waals surface area contributed by atoms with Crippen molar-refractivity contribution in [3.05, 3.63) is 10.5 Å². The van der Waals surface area contributed by atoms with Gasteiger partial charge in [-0.1, -0.05) is 19.8 Å². The zero-order chi connectivity index (χ0) is 8.39. The predicted octanol–water partition coefficient (Wildman–Crippen LogP) is 2.83. The van der Waals surface area contributed by atoms with Crippen LogP contribution in [0.5, 0.6) is 0 Å². The van der Waals surface area contributed by atoms with Crippen LogP contribution >= 0.6 is 11.3 Å². The Morgan fingerprint density at radius 3 is 2.67 bits per heavy atom. The first-order valence-corrected chi connectivity index (χ1v) is 5.50. The van der Waals surface area contributed by atoms with E-state index in [0.717, 1.165) is 5.92 Å². The van der Waals surface area contributed by atoms with Gasteiger partial charge >= 0.3 is 0 Å². The number of hydrogen-bond donors (Lipinski definition) is 0. The van der Waals surface area contributed by atoms with Crippen molar-refractivity contribution in [1.29, 1.82) is 0 Å². The maximum atomic E-state index is 4.13. The topological polar surface area (TPSA) is 25.8 Å². The lowest BCUT2D eigenvalue weighted by Gasteiger charge is -2.23. The fourth-order valence-electron chi connectivity index (χ4n) is 1.87. The summed E-state index contributed by atoms with van der Waals surface area (Å²) in [7, 11) is 0. The second-order valence-electron chi connectivity index (χ2n) is 3.73. The zero-order valence-electron chi connectivity index (χ0n) is 7.36. The standard InChI is InChI=1S/C9H14N2S/c1-7-2-4-8(5-3-7)9-11-10-6-12-9/h6-8H,2-5H2,1H3/t7-,8-. The molecule has 12 heavy (non-hydrogen) atoms. The van der Waals surface area contributed by atoms with Gasteiger partial charge in [0, 0.05) is 5.92 Å². The Morgan fingerprint density at radius 1 is 1.33 bits per heavy atom. The average Bonchev–Trinajstić information content (AvgIpc) is 2.58. The fraction of sp³-hybridized carbons (Fsp3) is 0.778. The summed E-state index contributed by atoms with van der Waals surface area (Å²) >= 11 is 1.71. The average molecular weight is 182 g/mol. The van der Waals surface area contributed by atoms with E-state index in [1.807, 2.05) is 5.51 Å². The van der Waals surface area contributed by atoms with Gasteiger partial charge in [-0.2, -0.15) is 0 Å². The van der Waals surface area contributed by atoms with E-state index in [-0.39, 0.29) is 0 Å². The lowest BCUT2D eigenvalue weighted by Crippen LogP contribution is -2.10. The molecule has 0 amide bonds. The second-order valence-corrected chi connectivity index (χ2v) is 4.60. The highest BCUT2D eigenvalue weighted by Crippen LogP contribution is 2.35. The van der Waals surface area contributed by atoms with Gasteiger partial charge in [-0.15, -0.1) is 21.5 Å². The van der Waals surface area contributed by atoms with Crippen molar-refractivity contribution in [1.82, 2.24) is 10.2 Å². The molecule has 1 saturated carbocycles. The molecule has 0 aliphatic heterocycles. The Balaban J connectivity index is 1.99. The highest BCUT2D eigenvalue weighted by molar-refractivity contribution is 7.09. The van der Waals surface area contributed by atoms with Crippen LogP contribution in [0.1, 0.15) is 43.5 Å². The Bertz CT molecular complexity index is 225. The maximum Gasteiger partial charge on any atom is 0.120 e. The molecule has 0 bridgehead atoms. The van der Waals surface area contributed by atoms with Crippen LogP contribution in [0.4, 0.5) is 0 Å². The molecule has 1 heterocycles. The van der Waals surface area contributed by atoms with Gasteiger partial charge in [0.2, 0.25) is 0 Å². The molecule has 1 aliphatic carbocycles. The fourth-order valence-corrected chi connectivity index (χ4v) is 2.59. The van der Waals surface area contributed by atoms with Crippen molar-refractivity contribution in [2.45, 2.75) is 38.5 Å². The summed E-state index contributed by atoms with van der Waals surface area (Å²) in [5.41, 5.74) is 1.84. The minimum Gasteiger partial charge on any atom is -0.147 e. The zero-order valence-corrected chi connectivity index (χ0v) is 8.18. The molecular formula is C9H14N2S. The van der Waals surface area contributed by atoms with Crippen molar-refractivity contribution in [2.75, 3.05) is 0 Å². The number of nitrogens with zero attached hydrogens (tertiary/aromatic N) is 2. The molecule has 1 aromatic rings. The molecule has 1 aromatic heterocycles. The molecule has 0 radical (unpaired) electrons. The first kappa shape index (κ1) is 8.17. The van der Waals surface area contributed by atoms with Crippen molar-refractivity contribution in [3.63, 3.8) is 0 Å². The van der Waals surface area contributed by atoms with E-state index >= 15 is 0 Å². The van der Waals surface area contributed by atoms with Gasteiger partial charge in [0.25, 0.3) is 0 Å². The molecule has 0 spiro atoms. The molecule has 2 nitrogen and oxygen atoms in total. The van der Waals surface area contributed by atoms with Crippen LogP contribution in [-0.2, 0) is 0 Å². The van der Waals surface area contributed by atoms with E-state index in [2.05, 4.69) is 17.1 Å². The monoisotopic (exact) mass is 182 g/mol. The minimum absolute atomic E-state index is 0.716. The van der Waals surface area contributed by atoms with Gasteiger partial charge in [0.15, 0.2) is 0 Å². The normalized spacial score (nSPS) is 30.4. The van der Waals surface area contributed by atoms with E-state index in [4.69, 9.17) is 0 Å². The predicted molar refractivity (Wildman–Crippen MR) is 50.3 cm³/mol. The highest BCUT2D eigenvalue weighted by Gasteiger charge is 2.21. The molecule has 3 heteroatoms. The molecule has 2 rings (SSSR count). The van der Waals surface area contributed by atoms with Crippen molar-refractivity contribution < 1.29 is 0 Å². The third-order valence-corrected chi connectivity index (χ3v) is 3.60. The van der Waals surface area contributed by atoms with Crippen LogP contribution in [0.25, 0.3) is 0 Å². The maximum absolute atomic E-state index is 4.13. The second kappa shape index (κ2) is 3.52. The largest absolute Gasteiger partial charge is 0.147 e. The van der Waals surface area contributed by atoms with Gasteiger partial charge in [-0.25, -0.2) is 0 Å². The third-order valence-electron chi connectivity index (χ3n) is 2.74. The summed E-state index contributed by atoms with van der Waals surface area (Å²) in [6.45, 7) is 2.34. The molecule has 66 valence electrons. The van der Waals surface area contributed by atoms with Crippen molar-refractivity contribution in [2.24, 2.45) is 5.92 Å². The molecule has 0 saturated heterocycles. The van der Waals surface area contributed by atoms with E-state index in [1.54, 1.807) is 11.3 Å². The lowest BCUT2D eigenvalue weighted by atomic mass is 9.83. The molecule has 0 unspecified atom stereocenters. The van der Waals surface area contributed by atoms with Gasteiger partial charge in [0.1, 0.15) is 10.5 Å². The van der Waals surface area contributed by atoms with Crippen LogP contribution in [-0.4, -0.2) is 10.2 Å². The number of rotatable bonds is 1. The molecule has 1 aliphatic rings. The van der Waals surface area contributed by atoms with Crippen LogP contribution in [0.15, 0.2) is 5.51 Å². The Hall–Kier alpha value is -0.440. The lowest BCUT2D eigenvalue weighted by molar-refractivity contribution is 0.346. The summed E-state index contributed by atoms with van der Waals surface area (Å²) in [6.07, 6.45) is 5.36. The minimum atomic E-state index is 0.716. The number of aromatic nitrogens is 2. The highest BCUT2D eigenvalue weighted by atomic mass is 32.1. The first-order chi connectivity index (χ1) is 5.86. The Kier molecular flexibility index (Phi) is 2.40. The molecular weight excluding hydrogens is 168 g/mol. The number of hydrogen-bond acceptors (Lipinski definition) is 3. The molecule has 0 atom stereocenters. The van der Waals surface area contributed by atoms with Crippen LogP contribution in [0, 0.1) is 5.92 Å². The van der Waals surface area contributed by atoms with E-state index in [1.165, 1.54) is 30.7 Å². The Morgan fingerprint density at radius 2 is 2.08 bits per heavy atom. The van der Waals surface area contributed by atoms with Gasteiger partial charge in [-0.05, 0) is 18.8 Å². The summed E-state index contributed by atoms with van der Waals surface area (Å²) in [4.78, 5) is 0. The summed E-state index contributed by atoms with van der Waals surface area (Å²) in [5, 5.41) is 9.27. The quantitative estimate of drug-likeness (QED) is 0.667. The first-order valence-electron chi connectivity index (χ1n) is 4.62. The van der Waals surface area contributed by atoms with Crippen molar-refractivity contribution in [3.8, 4) is 0 Å². The third kappa shape index (κ3) is 1.66. The Labute approximate surface area is 77.0 Å².